The molecule has 1 atom stereocenters. The topological polar surface area (TPSA) is 82.5 Å². The lowest BCUT2D eigenvalue weighted by Gasteiger charge is -2.49. The zero-order valence-electron chi connectivity index (χ0n) is 17.4. The lowest BCUT2D eigenvalue weighted by Crippen LogP contribution is -2.62. The second-order valence-corrected chi connectivity index (χ2v) is 9.08. The summed E-state index contributed by atoms with van der Waals surface area (Å²) in [6, 6.07) is 0.0445. The number of carbonyl (C=O) groups is 2. The number of hydrogen-bond acceptors (Lipinski definition) is 5. The van der Waals surface area contributed by atoms with Crippen molar-refractivity contribution < 1.29 is 9.59 Å². The summed E-state index contributed by atoms with van der Waals surface area (Å²) in [5.74, 6) is 3.76. The molecule has 3 fully saturated rings. The third-order valence-corrected chi connectivity index (χ3v) is 7.57. The van der Waals surface area contributed by atoms with Crippen LogP contribution in [0.4, 0.5) is 5.82 Å². The van der Waals surface area contributed by atoms with Gasteiger partial charge in [-0.2, -0.15) is 5.10 Å². The number of rotatable bonds is 4. The molecule has 8 heteroatoms. The Kier molecular flexibility index (Phi) is 4.94. The van der Waals surface area contributed by atoms with E-state index >= 15 is 0 Å². The number of nitrogens with zero attached hydrogens (tertiary/aromatic N) is 4. The fourth-order valence-corrected chi connectivity index (χ4v) is 5.70. The van der Waals surface area contributed by atoms with Crippen LogP contribution in [0.1, 0.15) is 48.9 Å². The van der Waals surface area contributed by atoms with Crippen LogP contribution in [0.3, 0.4) is 0 Å². The van der Waals surface area contributed by atoms with Gasteiger partial charge < -0.3 is 15.5 Å². The third-order valence-electron chi connectivity index (χ3n) is 7.57. The van der Waals surface area contributed by atoms with Crippen molar-refractivity contribution >= 4 is 17.6 Å². The number of likely N-dealkylation sites (tertiary alicyclic amines) is 2. The van der Waals surface area contributed by atoms with Crippen molar-refractivity contribution in [2.24, 2.45) is 5.92 Å². The molecule has 2 saturated heterocycles. The van der Waals surface area contributed by atoms with Crippen molar-refractivity contribution in [1.82, 2.24) is 24.9 Å². The Balaban J connectivity index is 1.26. The van der Waals surface area contributed by atoms with E-state index in [1.807, 2.05) is 9.58 Å². The summed E-state index contributed by atoms with van der Waals surface area (Å²) < 4.78 is 1.86. The maximum atomic E-state index is 13.4. The Morgan fingerprint density at radius 1 is 1.23 bits per heavy atom. The van der Waals surface area contributed by atoms with Gasteiger partial charge in [-0.1, -0.05) is 5.92 Å². The molecule has 30 heavy (non-hydrogen) atoms. The molecule has 2 N–H and O–H groups in total. The van der Waals surface area contributed by atoms with Crippen LogP contribution in [-0.4, -0.2) is 75.7 Å². The third kappa shape index (κ3) is 3.07. The summed E-state index contributed by atoms with van der Waals surface area (Å²) in [5, 5.41) is 11.0. The smallest absolute Gasteiger partial charge is 0.259 e. The van der Waals surface area contributed by atoms with E-state index in [0.29, 0.717) is 18.7 Å². The van der Waals surface area contributed by atoms with Gasteiger partial charge in [0.2, 0.25) is 5.91 Å². The molecule has 1 aromatic rings. The van der Waals surface area contributed by atoms with Gasteiger partial charge in [0.05, 0.1) is 30.9 Å². The van der Waals surface area contributed by atoms with Gasteiger partial charge in [-0.15, -0.1) is 6.42 Å². The van der Waals surface area contributed by atoms with E-state index < -0.39 is 0 Å². The minimum absolute atomic E-state index is 0.0445. The van der Waals surface area contributed by atoms with Gasteiger partial charge >= 0.3 is 0 Å². The predicted octanol–water partition coefficient (Wildman–Crippen LogP) is 0.907. The summed E-state index contributed by atoms with van der Waals surface area (Å²) in [6.07, 6.45) is 12.6. The molecule has 1 aromatic heterocycles. The molecule has 8 nitrogen and oxygen atoms in total. The van der Waals surface area contributed by atoms with Gasteiger partial charge in [-0.3, -0.25) is 14.5 Å². The first-order chi connectivity index (χ1) is 14.6. The first-order valence-electron chi connectivity index (χ1n) is 11.2. The molecule has 160 valence electrons. The van der Waals surface area contributed by atoms with Crippen LogP contribution in [0.25, 0.3) is 0 Å². The number of amides is 2. The first kappa shape index (κ1) is 19.4. The number of fused-ring (bicyclic) bond motifs is 1. The molecule has 1 spiro atoms. The second-order valence-electron chi connectivity index (χ2n) is 9.08. The molecule has 2 amide bonds. The van der Waals surface area contributed by atoms with Gasteiger partial charge in [0.25, 0.3) is 5.91 Å². The second kappa shape index (κ2) is 7.62. The van der Waals surface area contributed by atoms with Crippen LogP contribution in [0, 0.1) is 18.3 Å². The van der Waals surface area contributed by atoms with E-state index in [0.717, 1.165) is 70.5 Å². The number of aromatic nitrogens is 2. The van der Waals surface area contributed by atoms with Crippen LogP contribution < -0.4 is 10.6 Å². The van der Waals surface area contributed by atoms with Crippen molar-refractivity contribution in [2.75, 3.05) is 38.0 Å². The highest BCUT2D eigenvalue weighted by Gasteiger charge is 2.55. The monoisotopic (exact) mass is 410 g/mol. The highest BCUT2D eigenvalue weighted by atomic mass is 16.2. The number of nitrogens with one attached hydrogen (secondary N) is 2. The number of hydrogen-bond donors (Lipinski definition) is 2. The normalized spacial score (nSPS) is 25.4. The molecule has 0 bridgehead atoms. The quantitative estimate of drug-likeness (QED) is 0.721. The molecule has 0 aromatic carbocycles. The summed E-state index contributed by atoms with van der Waals surface area (Å²) in [4.78, 5) is 30.7. The van der Waals surface area contributed by atoms with Gasteiger partial charge in [0.1, 0.15) is 11.4 Å². The van der Waals surface area contributed by atoms with Crippen LogP contribution in [0.15, 0.2) is 6.20 Å². The average molecular weight is 411 g/mol. The van der Waals surface area contributed by atoms with E-state index in [1.54, 1.807) is 6.20 Å². The molecule has 1 aliphatic carbocycles. The van der Waals surface area contributed by atoms with Gasteiger partial charge in [0.15, 0.2) is 0 Å². The van der Waals surface area contributed by atoms with Crippen LogP contribution in [0.5, 0.6) is 0 Å². The van der Waals surface area contributed by atoms with E-state index in [9.17, 15) is 9.59 Å². The number of anilines is 1. The Hall–Kier alpha value is -2.53. The largest absolute Gasteiger partial charge is 0.368 e. The van der Waals surface area contributed by atoms with Gasteiger partial charge in [0, 0.05) is 19.0 Å². The van der Waals surface area contributed by atoms with Crippen LogP contribution in [-0.2, 0) is 11.3 Å². The maximum absolute atomic E-state index is 13.4. The standard InChI is InChI=1S/C22H30N6O2/c1-2-10-26-11-4-16(5-12-26)20(29)25-18-6-13-27(22(18)7-3-8-22)21(30)17-15-24-28-14-9-23-19(17)28/h1,15-16,18,23H,3-14H2,(H,25,29). The Labute approximate surface area is 177 Å². The molecular formula is C22H30N6O2. The molecule has 1 unspecified atom stereocenters. The molecular weight excluding hydrogens is 380 g/mol. The average Bonchev–Trinajstić information content (AvgIpc) is 3.42. The summed E-state index contributed by atoms with van der Waals surface area (Å²) in [6.45, 7) is 4.71. The van der Waals surface area contributed by atoms with E-state index in [4.69, 9.17) is 6.42 Å². The zero-order valence-corrected chi connectivity index (χ0v) is 17.4. The minimum atomic E-state index is -0.232. The van der Waals surface area contributed by atoms with Crippen LogP contribution >= 0.6 is 0 Å². The molecule has 5 rings (SSSR count). The number of carbonyl (C=O) groups excluding carboxylic acids is 2. The summed E-state index contributed by atoms with van der Waals surface area (Å²) in [7, 11) is 0. The van der Waals surface area contributed by atoms with Gasteiger partial charge in [-0.25, -0.2) is 4.68 Å². The van der Waals surface area contributed by atoms with Crippen molar-refractivity contribution in [3.8, 4) is 12.3 Å². The SMILES string of the molecule is C#CCN1CCC(C(=O)NC2CCN(C(=O)c3cnn4c3NCC4)C23CCC3)CC1. The van der Waals surface area contributed by atoms with E-state index in [-0.39, 0.29) is 29.3 Å². The maximum Gasteiger partial charge on any atom is 0.259 e. The predicted molar refractivity (Wildman–Crippen MR) is 113 cm³/mol. The zero-order chi connectivity index (χ0) is 20.7. The summed E-state index contributed by atoms with van der Waals surface area (Å²) in [5.41, 5.74) is 0.427. The molecule has 1 saturated carbocycles. The van der Waals surface area contributed by atoms with Crippen molar-refractivity contribution in [3.05, 3.63) is 11.8 Å². The van der Waals surface area contributed by atoms with E-state index in [1.165, 1.54) is 0 Å². The lowest BCUT2D eigenvalue weighted by molar-refractivity contribution is -0.128. The Morgan fingerprint density at radius 3 is 2.73 bits per heavy atom. The number of piperidine rings is 1. The fraction of sp³-hybridized carbons (Fsp3) is 0.682. The molecule has 3 aliphatic heterocycles. The molecule has 4 aliphatic rings. The number of terminal acetylenes is 1. The molecule has 0 radical (unpaired) electrons. The lowest BCUT2D eigenvalue weighted by atomic mass is 9.71. The highest BCUT2D eigenvalue weighted by Crippen LogP contribution is 2.47. The van der Waals surface area contributed by atoms with Gasteiger partial charge in [-0.05, 0) is 51.6 Å². The van der Waals surface area contributed by atoms with Crippen LogP contribution in [0.2, 0.25) is 0 Å². The van der Waals surface area contributed by atoms with E-state index in [2.05, 4.69) is 26.6 Å². The Morgan fingerprint density at radius 2 is 2.03 bits per heavy atom. The fourth-order valence-electron chi connectivity index (χ4n) is 5.70. The highest BCUT2D eigenvalue weighted by molar-refractivity contribution is 5.99. The Bertz CT molecular complexity index is 875. The molecule has 4 heterocycles. The first-order valence-corrected chi connectivity index (χ1v) is 11.2. The summed E-state index contributed by atoms with van der Waals surface area (Å²) >= 11 is 0. The minimum Gasteiger partial charge on any atom is -0.368 e. The van der Waals surface area contributed by atoms with Crippen molar-refractivity contribution in [2.45, 2.75) is 56.7 Å². The van der Waals surface area contributed by atoms with Crippen molar-refractivity contribution in [3.63, 3.8) is 0 Å². The van der Waals surface area contributed by atoms with Crippen molar-refractivity contribution in [1.29, 1.82) is 0 Å².